The molecule has 0 atom stereocenters. The Labute approximate surface area is 247 Å². The molecule has 0 unspecified atom stereocenters. The highest BCUT2D eigenvalue weighted by molar-refractivity contribution is 5.92. The Morgan fingerprint density at radius 3 is 2.49 bits per heavy atom. The Kier molecular flexibility index (Phi) is 7.07. The van der Waals surface area contributed by atoms with Gasteiger partial charge in [-0.3, -0.25) is 14.7 Å². The molecule has 3 aromatic heterocycles. The van der Waals surface area contributed by atoms with Crippen molar-refractivity contribution >= 4 is 39.3 Å². The second-order valence-electron chi connectivity index (χ2n) is 11.0. The minimum atomic E-state index is -0.370. The van der Waals surface area contributed by atoms with Crippen molar-refractivity contribution < 1.29 is 19.2 Å². The van der Waals surface area contributed by atoms with E-state index in [1.807, 2.05) is 65.5 Å². The average molecular weight is 579 g/mol. The van der Waals surface area contributed by atoms with E-state index < -0.39 is 0 Å². The zero-order valence-electron chi connectivity index (χ0n) is 23.4. The molecule has 7 rings (SSSR count). The summed E-state index contributed by atoms with van der Waals surface area (Å²) in [6.07, 6.45) is 6.95. The van der Waals surface area contributed by atoms with E-state index in [0.29, 0.717) is 24.3 Å². The summed E-state index contributed by atoms with van der Waals surface area (Å²) in [6.45, 7) is 3.05. The van der Waals surface area contributed by atoms with Gasteiger partial charge >= 0.3 is 6.09 Å². The van der Waals surface area contributed by atoms with Crippen molar-refractivity contribution in [1.82, 2.24) is 19.4 Å². The van der Waals surface area contributed by atoms with Gasteiger partial charge in [0.2, 0.25) is 0 Å². The van der Waals surface area contributed by atoms with Crippen LogP contribution in [0, 0.1) is 10.1 Å². The van der Waals surface area contributed by atoms with Gasteiger partial charge in [0.25, 0.3) is 5.69 Å². The summed E-state index contributed by atoms with van der Waals surface area (Å²) in [7, 11) is 0. The van der Waals surface area contributed by atoms with Gasteiger partial charge in [-0.05, 0) is 36.6 Å². The highest BCUT2D eigenvalue weighted by Crippen LogP contribution is 2.30. The van der Waals surface area contributed by atoms with Gasteiger partial charge < -0.3 is 19.3 Å². The summed E-state index contributed by atoms with van der Waals surface area (Å²) in [5, 5.41) is 13.8. The van der Waals surface area contributed by atoms with E-state index in [1.165, 1.54) is 6.07 Å². The zero-order chi connectivity index (χ0) is 29.3. The lowest BCUT2D eigenvalue weighted by atomic mass is 10.1. The van der Waals surface area contributed by atoms with Gasteiger partial charge in [0.1, 0.15) is 18.2 Å². The molecule has 2 aliphatic heterocycles. The number of likely N-dealkylation sites (tertiary alicyclic amines) is 1. The van der Waals surface area contributed by atoms with Crippen molar-refractivity contribution in [2.45, 2.75) is 31.7 Å². The SMILES string of the molecule is O=C(OCc1ccccc1)N1CCC(OC2CN(c3cc4ccn(-c5cc6c([N+](=O)[O-])cccc6cn5)c4cn3)C2)CC1. The number of non-ortho nitro benzene ring substituents is 1. The highest BCUT2D eigenvalue weighted by atomic mass is 16.6. The third-order valence-electron chi connectivity index (χ3n) is 8.19. The fourth-order valence-corrected chi connectivity index (χ4v) is 5.80. The van der Waals surface area contributed by atoms with Gasteiger partial charge in [0, 0.05) is 55.4 Å². The number of rotatable bonds is 7. The predicted octanol–water partition coefficient (Wildman–Crippen LogP) is 5.49. The second-order valence-corrected chi connectivity index (χ2v) is 11.0. The molecule has 0 N–H and O–H groups in total. The predicted molar refractivity (Wildman–Crippen MR) is 161 cm³/mol. The van der Waals surface area contributed by atoms with Crippen molar-refractivity contribution in [3.05, 3.63) is 101 Å². The first-order chi connectivity index (χ1) is 21.0. The van der Waals surface area contributed by atoms with E-state index in [0.717, 1.165) is 53.6 Å². The first-order valence-corrected chi connectivity index (χ1v) is 14.4. The molecule has 0 bridgehead atoms. The van der Waals surface area contributed by atoms with Gasteiger partial charge in [-0.2, -0.15) is 0 Å². The van der Waals surface area contributed by atoms with Crippen LogP contribution in [0.25, 0.3) is 27.5 Å². The smallest absolute Gasteiger partial charge is 0.410 e. The molecular weight excluding hydrogens is 548 g/mol. The molecule has 0 spiro atoms. The number of ether oxygens (including phenoxy) is 2. The number of benzene rings is 2. The van der Waals surface area contributed by atoms with E-state index in [-0.39, 0.29) is 35.5 Å². The van der Waals surface area contributed by atoms with Crippen LogP contribution in [0.1, 0.15) is 18.4 Å². The minimum Gasteiger partial charge on any atom is -0.445 e. The number of aromatic nitrogens is 3. The van der Waals surface area contributed by atoms with Gasteiger partial charge in [0.15, 0.2) is 0 Å². The molecule has 11 nitrogen and oxygen atoms in total. The molecular formula is C32H30N6O5. The quantitative estimate of drug-likeness (QED) is 0.184. The van der Waals surface area contributed by atoms with Crippen molar-refractivity contribution in [3.63, 3.8) is 0 Å². The number of pyridine rings is 2. The largest absolute Gasteiger partial charge is 0.445 e. The highest BCUT2D eigenvalue weighted by Gasteiger charge is 2.33. The van der Waals surface area contributed by atoms with Crippen LogP contribution in [0.2, 0.25) is 0 Å². The summed E-state index contributed by atoms with van der Waals surface area (Å²) in [5.41, 5.74) is 1.90. The molecule has 2 aromatic carbocycles. The first-order valence-electron chi connectivity index (χ1n) is 14.4. The summed E-state index contributed by atoms with van der Waals surface area (Å²) >= 11 is 0. The molecule has 1 amide bonds. The van der Waals surface area contributed by atoms with E-state index >= 15 is 0 Å². The van der Waals surface area contributed by atoms with E-state index in [2.05, 4.69) is 9.88 Å². The maximum absolute atomic E-state index is 12.5. The minimum absolute atomic E-state index is 0.0551. The fraction of sp³-hybridized carbons (Fsp3) is 0.281. The number of carbonyl (C=O) groups is 1. The van der Waals surface area contributed by atoms with Crippen molar-refractivity contribution in [2.24, 2.45) is 0 Å². The summed E-state index contributed by atoms with van der Waals surface area (Å²) in [5.74, 6) is 1.47. The Balaban J connectivity index is 0.932. The first kappa shape index (κ1) is 26.8. The number of hydrogen-bond acceptors (Lipinski definition) is 8. The lowest BCUT2D eigenvalue weighted by molar-refractivity contribution is -0.383. The summed E-state index contributed by atoms with van der Waals surface area (Å²) < 4.78 is 13.7. The third-order valence-corrected chi connectivity index (χ3v) is 8.19. The number of nitrogens with zero attached hydrogens (tertiary/aromatic N) is 6. The van der Waals surface area contributed by atoms with Crippen LogP contribution in [0.5, 0.6) is 0 Å². The average Bonchev–Trinajstić information content (AvgIpc) is 3.45. The van der Waals surface area contributed by atoms with Crippen LogP contribution < -0.4 is 4.90 Å². The molecule has 0 saturated carbocycles. The van der Waals surface area contributed by atoms with Gasteiger partial charge in [-0.1, -0.05) is 42.5 Å². The van der Waals surface area contributed by atoms with E-state index in [9.17, 15) is 14.9 Å². The Hall–Kier alpha value is -5.03. The number of hydrogen-bond donors (Lipinski definition) is 0. The van der Waals surface area contributed by atoms with Crippen LogP contribution in [0.3, 0.4) is 0 Å². The Morgan fingerprint density at radius 1 is 0.907 bits per heavy atom. The maximum Gasteiger partial charge on any atom is 0.410 e. The standard InChI is InChI=1S/C32H30N6O5/c39-32(42-21-22-5-2-1-3-6-22)35-12-10-25(11-13-35)43-26-19-36(20-26)30-15-23-9-14-37(29(23)18-34-30)31-16-27-24(17-33-31)7-4-8-28(27)38(40)41/h1-9,14-18,25-26H,10-13,19-21H2. The van der Waals surface area contributed by atoms with Crippen molar-refractivity contribution in [2.75, 3.05) is 31.1 Å². The Bertz CT molecular complexity index is 1790. The van der Waals surface area contributed by atoms with Crippen LogP contribution in [0.15, 0.2) is 85.3 Å². The van der Waals surface area contributed by atoms with Crippen LogP contribution >= 0.6 is 0 Å². The van der Waals surface area contributed by atoms with Gasteiger partial charge in [-0.15, -0.1) is 0 Å². The monoisotopic (exact) mass is 578 g/mol. The summed E-state index contributed by atoms with van der Waals surface area (Å²) in [6, 6.07) is 20.5. The molecule has 2 saturated heterocycles. The zero-order valence-corrected chi connectivity index (χ0v) is 23.4. The second kappa shape index (κ2) is 11.3. The normalized spacial score (nSPS) is 16.0. The maximum atomic E-state index is 12.5. The molecule has 11 heteroatoms. The number of amides is 1. The van der Waals surface area contributed by atoms with Crippen molar-refractivity contribution in [3.8, 4) is 5.82 Å². The van der Waals surface area contributed by atoms with Crippen LogP contribution in [0.4, 0.5) is 16.3 Å². The molecule has 2 fully saturated rings. The number of nitro benzene ring substituents is 1. The Morgan fingerprint density at radius 2 is 1.70 bits per heavy atom. The number of carbonyl (C=O) groups excluding carboxylic acids is 1. The fourth-order valence-electron chi connectivity index (χ4n) is 5.80. The van der Waals surface area contributed by atoms with Crippen molar-refractivity contribution in [1.29, 1.82) is 0 Å². The lowest BCUT2D eigenvalue weighted by Gasteiger charge is -2.42. The molecule has 5 heterocycles. The van der Waals surface area contributed by atoms with Crippen LogP contribution in [-0.4, -0.2) is 68.8 Å². The molecule has 0 aliphatic carbocycles. The molecule has 5 aromatic rings. The molecule has 218 valence electrons. The van der Waals surface area contributed by atoms with E-state index in [4.69, 9.17) is 14.5 Å². The number of nitro groups is 1. The van der Waals surface area contributed by atoms with E-state index in [1.54, 1.807) is 23.2 Å². The number of anilines is 1. The number of fused-ring (bicyclic) bond motifs is 2. The molecule has 0 radical (unpaired) electrons. The molecule has 43 heavy (non-hydrogen) atoms. The van der Waals surface area contributed by atoms with Crippen LogP contribution in [-0.2, 0) is 16.1 Å². The molecule has 2 aliphatic rings. The number of piperidine rings is 1. The summed E-state index contributed by atoms with van der Waals surface area (Å²) in [4.78, 5) is 36.8. The van der Waals surface area contributed by atoms with Gasteiger partial charge in [0.05, 0.1) is 34.2 Å². The van der Waals surface area contributed by atoms with Gasteiger partial charge in [-0.25, -0.2) is 14.8 Å². The lowest BCUT2D eigenvalue weighted by Crippen LogP contribution is -2.54. The third kappa shape index (κ3) is 5.46. The topological polar surface area (TPSA) is 116 Å².